The molecule has 6 nitrogen and oxygen atoms in total. The fraction of sp³-hybridized carbons (Fsp3) is 0.0833. The molecular formula is C12H11BrFN5O. The van der Waals surface area contributed by atoms with Gasteiger partial charge in [0.1, 0.15) is 5.82 Å². The van der Waals surface area contributed by atoms with Crippen LogP contribution < -0.4 is 16.6 Å². The number of aromatic nitrogens is 2. The van der Waals surface area contributed by atoms with Gasteiger partial charge in [-0.15, -0.1) is 0 Å². The van der Waals surface area contributed by atoms with E-state index in [0.717, 1.165) is 10.0 Å². The third kappa shape index (κ3) is 2.91. The second kappa shape index (κ2) is 5.93. The predicted molar refractivity (Wildman–Crippen MR) is 76.6 cm³/mol. The van der Waals surface area contributed by atoms with E-state index in [0.29, 0.717) is 5.82 Å². The number of anilines is 2. The Morgan fingerprint density at radius 2 is 2.20 bits per heavy atom. The first-order chi connectivity index (χ1) is 9.52. The molecule has 8 heteroatoms. The number of nitrogens with two attached hydrogens (primary N) is 1. The van der Waals surface area contributed by atoms with Crippen molar-refractivity contribution in [3.63, 3.8) is 0 Å². The van der Waals surface area contributed by atoms with Crippen LogP contribution in [0.4, 0.5) is 16.0 Å². The Labute approximate surface area is 122 Å². The smallest absolute Gasteiger partial charge is 0.259 e. The van der Waals surface area contributed by atoms with Gasteiger partial charge < -0.3 is 10.7 Å². The molecule has 2 aromatic heterocycles. The van der Waals surface area contributed by atoms with Gasteiger partial charge in [-0.2, -0.15) is 0 Å². The third-order valence-corrected chi connectivity index (χ3v) is 3.39. The maximum absolute atomic E-state index is 13.9. The van der Waals surface area contributed by atoms with Crippen molar-refractivity contribution in [3.05, 3.63) is 45.9 Å². The van der Waals surface area contributed by atoms with Crippen molar-refractivity contribution in [1.29, 1.82) is 0 Å². The van der Waals surface area contributed by atoms with E-state index in [9.17, 15) is 9.18 Å². The number of amides is 1. The van der Waals surface area contributed by atoms with Crippen molar-refractivity contribution in [2.24, 2.45) is 5.84 Å². The Balaban J connectivity index is 2.26. The molecule has 0 spiro atoms. The summed E-state index contributed by atoms with van der Waals surface area (Å²) >= 11 is 3.31. The van der Waals surface area contributed by atoms with E-state index in [1.807, 2.05) is 6.92 Å². The fourth-order valence-electron chi connectivity index (χ4n) is 1.51. The SMILES string of the molecule is Cc1cc(NC(=O)c2ccnc(NN)c2F)ncc1Br. The summed E-state index contributed by atoms with van der Waals surface area (Å²) in [6.45, 7) is 1.85. The molecule has 0 aliphatic carbocycles. The molecule has 0 radical (unpaired) electrons. The van der Waals surface area contributed by atoms with Crippen molar-refractivity contribution in [2.45, 2.75) is 6.92 Å². The maximum Gasteiger partial charge on any atom is 0.259 e. The minimum absolute atomic E-state index is 0.171. The molecule has 2 aromatic rings. The van der Waals surface area contributed by atoms with Crippen LogP contribution in [0.3, 0.4) is 0 Å². The molecule has 2 heterocycles. The number of hydrogen-bond donors (Lipinski definition) is 3. The van der Waals surface area contributed by atoms with Gasteiger partial charge in [0.05, 0.1) is 5.56 Å². The number of pyridine rings is 2. The van der Waals surface area contributed by atoms with Gasteiger partial charge in [0, 0.05) is 16.9 Å². The van der Waals surface area contributed by atoms with Crippen molar-refractivity contribution in [3.8, 4) is 0 Å². The van der Waals surface area contributed by atoms with E-state index in [4.69, 9.17) is 5.84 Å². The topological polar surface area (TPSA) is 92.9 Å². The average molecular weight is 340 g/mol. The summed E-state index contributed by atoms with van der Waals surface area (Å²) in [7, 11) is 0. The number of nitrogen functional groups attached to an aromatic ring is 1. The van der Waals surface area contributed by atoms with Gasteiger partial charge >= 0.3 is 0 Å². The van der Waals surface area contributed by atoms with Crippen LogP contribution in [0.1, 0.15) is 15.9 Å². The number of halogens is 2. The van der Waals surface area contributed by atoms with Crippen LogP contribution in [0.2, 0.25) is 0 Å². The van der Waals surface area contributed by atoms with Crippen LogP contribution in [0, 0.1) is 12.7 Å². The molecule has 2 rings (SSSR count). The van der Waals surface area contributed by atoms with Gasteiger partial charge in [-0.05, 0) is 40.5 Å². The molecular weight excluding hydrogens is 329 g/mol. The minimum Gasteiger partial charge on any atom is -0.306 e. The molecule has 20 heavy (non-hydrogen) atoms. The molecule has 0 unspecified atom stereocenters. The van der Waals surface area contributed by atoms with Gasteiger partial charge in [0.15, 0.2) is 11.6 Å². The van der Waals surface area contributed by atoms with Crippen LogP contribution in [-0.2, 0) is 0 Å². The summed E-state index contributed by atoms with van der Waals surface area (Å²) in [6, 6.07) is 2.93. The van der Waals surface area contributed by atoms with Crippen LogP contribution in [0.5, 0.6) is 0 Å². The molecule has 0 aromatic carbocycles. The van der Waals surface area contributed by atoms with Crippen molar-refractivity contribution >= 4 is 33.5 Å². The summed E-state index contributed by atoms with van der Waals surface area (Å²) in [6.07, 6.45) is 2.84. The van der Waals surface area contributed by atoms with E-state index in [2.05, 4.69) is 36.6 Å². The number of hydrogen-bond acceptors (Lipinski definition) is 5. The van der Waals surface area contributed by atoms with E-state index in [-0.39, 0.29) is 11.4 Å². The summed E-state index contributed by atoms with van der Waals surface area (Å²) in [5, 5.41) is 2.51. The first-order valence-electron chi connectivity index (χ1n) is 5.57. The molecule has 0 aliphatic heterocycles. The molecule has 4 N–H and O–H groups in total. The average Bonchev–Trinajstić information content (AvgIpc) is 2.43. The molecule has 104 valence electrons. The van der Waals surface area contributed by atoms with Crippen LogP contribution in [0.25, 0.3) is 0 Å². The summed E-state index contributed by atoms with van der Waals surface area (Å²) in [5.74, 6) is 3.79. The van der Waals surface area contributed by atoms with Gasteiger partial charge in [0.2, 0.25) is 0 Å². The molecule has 0 fully saturated rings. The maximum atomic E-state index is 13.9. The van der Waals surface area contributed by atoms with Gasteiger partial charge in [0.25, 0.3) is 5.91 Å². The highest BCUT2D eigenvalue weighted by atomic mass is 79.9. The van der Waals surface area contributed by atoms with Crippen LogP contribution in [0.15, 0.2) is 29.0 Å². The number of carbonyl (C=O) groups is 1. The lowest BCUT2D eigenvalue weighted by atomic mass is 10.2. The van der Waals surface area contributed by atoms with Crippen molar-refractivity contribution in [1.82, 2.24) is 9.97 Å². The summed E-state index contributed by atoms with van der Waals surface area (Å²) in [5.41, 5.74) is 2.81. The zero-order chi connectivity index (χ0) is 14.7. The molecule has 1 amide bonds. The highest BCUT2D eigenvalue weighted by Gasteiger charge is 2.16. The predicted octanol–water partition coefficient (Wildman–Crippen LogP) is 2.22. The summed E-state index contributed by atoms with van der Waals surface area (Å²) < 4.78 is 14.7. The Kier molecular flexibility index (Phi) is 4.26. The zero-order valence-corrected chi connectivity index (χ0v) is 12.0. The van der Waals surface area contributed by atoms with Crippen LogP contribution >= 0.6 is 15.9 Å². The van der Waals surface area contributed by atoms with Gasteiger partial charge in [-0.3, -0.25) is 4.79 Å². The number of aryl methyl sites for hydroxylation is 1. The zero-order valence-electron chi connectivity index (χ0n) is 10.4. The largest absolute Gasteiger partial charge is 0.306 e. The molecule has 0 atom stereocenters. The molecule has 0 bridgehead atoms. The highest BCUT2D eigenvalue weighted by Crippen LogP contribution is 2.19. The molecule has 0 saturated heterocycles. The summed E-state index contributed by atoms with van der Waals surface area (Å²) in [4.78, 5) is 19.7. The normalized spacial score (nSPS) is 10.2. The van der Waals surface area contributed by atoms with Crippen molar-refractivity contribution in [2.75, 3.05) is 10.7 Å². The third-order valence-electron chi connectivity index (χ3n) is 2.56. The molecule has 0 aliphatic rings. The number of carbonyl (C=O) groups excluding carboxylic acids is 1. The Hall–Kier alpha value is -2.06. The fourth-order valence-corrected chi connectivity index (χ4v) is 1.73. The van der Waals surface area contributed by atoms with Gasteiger partial charge in [-0.25, -0.2) is 20.2 Å². The van der Waals surface area contributed by atoms with E-state index in [1.54, 1.807) is 12.3 Å². The van der Waals surface area contributed by atoms with E-state index in [1.165, 1.54) is 12.3 Å². The Bertz CT molecular complexity index is 664. The highest BCUT2D eigenvalue weighted by molar-refractivity contribution is 9.10. The second-order valence-electron chi connectivity index (χ2n) is 3.94. The molecule has 0 saturated carbocycles. The number of nitrogens with zero attached hydrogens (tertiary/aromatic N) is 2. The van der Waals surface area contributed by atoms with E-state index < -0.39 is 11.7 Å². The Morgan fingerprint density at radius 1 is 1.45 bits per heavy atom. The first-order valence-corrected chi connectivity index (χ1v) is 6.37. The standard InChI is InChI=1S/C12H11BrFN5O/c1-6-4-9(17-5-8(6)13)18-12(20)7-2-3-16-11(19-15)10(7)14/h2-5H,15H2,1H3,(H,16,19)(H,17,18,20). The number of hydrazine groups is 1. The first kappa shape index (κ1) is 14.4. The number of rotatable bonds is 3. The van der Waals surface area contributed by atoms with Gasteiger partial charge in [-0.1, -0.05) is 0 Å². The quantitative estimate of drug-likeness (QED) is 0.589. The Morgan fingerprint density at radius 3 is 2.85 bits per heavy atom. The second-order valence-corrected chi connectivity index (χ2v) is 4.79. The lowest BCUT2D eigenvalue weighted by Gasteiger charge is -2.08. The lowest BCUT2D eigenvalue weighted by molar-refractivity contribution is 0.102. The van der Waals surface area contributed by atoms with E-state index >= 15 is 0 Å². The van der Waals surface area contributed by atoms with Crippen LogP contribution in [-0.4, -0.2) is 15.9 Å². The van der Waals surface area contributed by atoms with Crippen molar-refractivity contribution < 1.29 is 9.18 Å². The monoisotopic (exact) mass is 339 g/mol. The lowest BCUT2D eigenvalue weighted by Crippen LogP contribution is -2.18. The number of nitrogens with one attached hydrogen (secondary N) is 2. The minimum atomic E-state index is -0.818.